The summed E-state index contributed by atoms with van der Waals surface area (Å²) in [6, 6.07) is -1.05. The smallest absolute Gasteiger partial charge is 0.350 e. The van der Waals surface area contributed by atoms with E-state index in [1.165, 1.54) is 30.1 Å². The van der Waals surface area contributed by atoms with Gasteiger partial charge in [0.25, 0.3) is 11.8 Å². The van der Waals surface area contributed by atoms with Crippen LogP contribution in [-0.2, 0) is 43.1 Å². The van der Waals surface area contributed by atoms with Gasteiger partial charge in [-0.05, 0) is 20.8 Å². The van der Waals surface area contributed by atoms with E-state index in [-0.39, 0.29) is 21.7 Å². The fourth-order valence-electron chi connectivity index (χ4n) is 3.87. The lowest BCUT2D eigenvalue weighted by atomic mass is 9.98. The molecule has 0 spiro atoms. The van der Waals surface area contributed by atoms with E-state index >= 15 is 0 Å². The molecule has 4 heterocycles. The van der Waals surface area contributed by atoms with Crippen LogP contribution in [0.4, 0.5) is 5.13 Å². The number of hydrogen-bond acceptors (Lipinski definition) is 13. The minimum absolute atomic E-state index is 0.0589. The first-order chi connectivity index (χ1) is 19.1. The van der Waals surface area contributed by atoms with Gasteiger partial charge in [-0.2, -0.15) is 0 Å². The minimum atomic E-state index is -5.25. The van der Waals surface area contributed by atoms with Gasteiger partial charge in [0.05, 0.1) is 18.8 Å². The zero-order valence-corrected chi connectivity index (χ0v) is 23.7. The number of nitrogens with one attached hydrogen (secondary N) is 1. The molecule has 0 radical (unpaired) electrons. The van der Waals surface area contributed by atoms with Crippen molar-refractivity contribution >= 4 is 50.3 Å². The molecule has 41 heavy (non-hydrogen) atoms. The van der Waals surface area contributed by atoms with Crippen LogP contribution in [0, 0.1) is 6.92 Å². The number of carbonyl (C=O) groups is 3. The lowest BCUT2D eigenvalue weighted by molar-refractivity contribution is -0.671. The molecular formula is C22H25N9O8S2. The molecule has 2 amide bonds. The van der Waals surface area contributed by atoms with Crippen LogP contribution in [0.2, 0.25) is 0 Å². The highest BCUT2D eigenvalue weighted by Crippen LogP contribution is 2.26. The normalized spacial score (nSPS) is 17.7. The number of nitrogens with zero attached hydrogens (tertiary/aromatic N) is 7. The predicted molar refractivity (Wildman–Crippen MR) is 139 cm³/mol. The fourth-order valence-corrected chi connectivity index (χ4v) is 5.27. The first kappa shape index (κ1) is 29.5. The number of nitrogen functional groups attached to an aromatic ring is 1. The fraction of sp³-hybridized carbons (Fsp3) is 0.364. The average Bonchev–Trinajstić information content (AvgIpc) is 3.50. The van der Waals surface area contributed by atoms with Crippen molar-refractivity contribution in [3.63, 3.8) is 0 Å². The number of pyridine rings is 1. The van der Waals surface area contributed by atoms with Crippen molar-refractivity contribution in [3.8, 4) is 11.3 Å². The summed E-state index contributed by atoms with van der Waals surface area (Å²) in [6.45, 7) is 3.93. The lowest BCUT2D eigenvalue weighted by Crippen LogP contribution is -2.73. The molecule has 1 aliphatic rings. The molecule has 1 fully saturated rings. The van der Waals surface area contributed by atoms with Crippen LogP contribution in [0.5, 0.6) is 0 Å². The lowest BCUT2D eigenvalue weighted by Gasteiger charge is -2.47. The van der Waals surface area contributed by atoms with E-state index < -0.39 is 51.5 Å². The van der Waals surface area contributed by atoms with Gasteiger partial charge in [0.2, 0.25) is 5.60 Å². The molecular weight excluding hydrogens is 582 g/mol. The summed E-state index contributed by atoms with van der Waals surface area (Å²) >= 11 is 0.956. The molecule has 2 atom stereocenters. The van der Waals surface area contributed by atoms with Crippen molar-refractivity contribution in [2.45, 2.75) is 45.0 Å². The number of aromatic nitrogens is 5. The maximum Gasteiger partial charge on any atom is 0.350 e. The van der Waals surface area contributed by atoms with Crippen LogP contribution in [0.15, 0.2) is 35.2 Å². The van der Waals surface area contributed by atoms with Crippen LogP contribution in [0.1, 0.15) is 25.1 Å². The van der Waals surface area contributed by atoms with Gasteiger partial charge in [0.1, 0.15) is 24.5 Å². The SMILES string of the molecule is Cc1c[n+](C)ccc1-c1cn(C[C@@H]2[C@H](NC(=O)C(=NOC(C)(C)C(=O)O)c3csc(N)n3)C(=O)N2S(=O)(=O)[O-])nn1. The number of rotatable bonds is 10. The summed E-state index contributed by atoms with van der Waals surface area (Å²) in [5.74, 6) is -3.63. The molecule has 17 nitrogen and oxygen atoms in total. The average molecular weight is 608 g/mol. The van der Waals surface area contributed by atoms with Gasteiger partial charge < -0.3 is 25.5 Å². The number of oxime groups is 1. The van der Waals surface area contributed by atoms with Gasteiger partial charge in [-0.3, -0.25) is 9.59 Å². The number of amides is 2. The third kappa shape index (κ3) is 6.15. The molecule has 4 N–H and O–H groups in total. The summed E-state index contributed by atoms with van der Waals surface area (Å²) in [6.07, 6.45) is 5.18. The number of β-lactam (4-membered cyclic amide) rings is 1. The highest BCUT2D eigenvalue weighted by Gasteiger charge is 2.52. The number of aryl methyl sites for hydroxylation is 2. The number of thiazole rings is 1. The molecule has 0 aromatic carbocycles. The topological polar surface area (TPSA) is 239 Å². The van der Waals surface area contributed by atoms with Gasteiger partial charge >= 0.3 is 5.97 Å². The van der Waals surface area contributed by atoms with Crippen molar-refractivity contribution in [1.29, 1.82) is 0 Å². The minimum Gasteiger partial charge on any atom is -0.731 e. The first-order valence-electron chi connectivity index (χ1n) is 11.8. The Morgan fingerprint density at radius 2 is 2.10 bits per heavy atom. The number of carboxylic acids is 1. The largest absolute Gasteiger partial charge is 0.731 e. The van der Waals surface area contributed by atoms with Gasteiger partial charge in [-0.15, -0.1) is 16.4 Å². The second-order valence-electron chi connectivity index (χ2n) is 9.56. The van der Waals surface area contributed by atoms with E-state index in [9.17, 15) is 32.5 Å². The zero-order chi connectivity index (χ0) is 30.3. The Hall–Kier alpha value is -4.49. The van der Waals surface area contributed by atoms with E-state index in [0.717, 1.165) is 22.5 Å². The number of aliphatic carboxylic acids is 1. The highest BCUT2D eigenvalue weighted by molar-refractivity contribution is 7.84. The van der Waals surface area contributed by atoms with Crippen LogP contribution in [-0.4, -0.2) is 83.5 Å². The molecule has 0 aliphatic carbocycles. The third-order valence-electron chi connectivity index (χ3n) is 6.04. The number of carbonyl (C=O) groups excluding carboxylic acids is 2. The standard InChI is InChI=1S/C22H25N9O8S2/c1-11-7-29(4)6-5-12(11)13-8-30(28-26-13)9-15-17(19(33)31(15)41(36,37)38)25-18(32)16(14-10-40-21(23)24-14)27-39-22(2,3)20(34)35/h5-8,10,15,17H,9H2,1-4H3,(H4-,23,24,25,32,34,35,36,37,38)/t15-,17+/m1/s1. The van der Waals surface area contributed by atoms with E-state index in [0.29, 0.717) is 5.69 Å². The maximum absolute atomic E-state index is 13.2. The number of carboxylic acid groups (broad SMARTS) is 1. The Morgan fingerprint density at radius 3 is 2.68 bits per heavy atom. The van der Waals surface area contributed by atoms with Crippen LogP contribution in [0.3, 0.4) is 0 Å². The second kappa shape index (κ2) is 10.8. The molecule has 0 unspecified atom stereocenters. The molecule has 19 heteroatoms. The Morgan fingerprint density at radius 1 is 1.39 bits per heavy atom. The Balaban J connectivity index is 1.61. The molecule has 4 rings (SSSR count). The van der Waals surface area contributed by atoms with E-state index in [2.05, 4.69) is 25.8 Å². The van der Waals surface area contributed by atoms with Crippen molar-refractivity contribution in [2.75, 3.05) is 5.73 Å². The van der Waals surface area contributed by atoms with Crippen LogP contribution >= 0.6 is 11.3 Å². The summed E-state index contributed by atoms with van der Waals surface area (Å²) in [5, 5.41) is 24.8. The van der Waals surface area contributed by atoms with Gasteiger partial charge in [0, 0.05) is 22.6 Å². The van der Waals surface area contributed by atoms with Gasteiger partial charge in [-0.25, -0.2) is 31.8 Å². The zero-order valence-electron chi connectivity index (χ0n) is 22.1. The van der Waals surface area contributed by atoms with E-state index in [4.69, 9.17) is 10.6 Å². The Kier molecular flexibility index (Phi) is 7.78. The summed E-state index contributed by atoms with van der Waals surface area (Å²) in [7, 11) is -3.39. The monoisotopic (exact) mass is 607 g/mol. The number of hydrogen-bond donors (Lipinski definition) is 3. The van der Waals surface area contributed by atoms with Crippen molar-refractivity contribution < 1.29 is 41.9 Å². The highest BCUT2D eigenvalue weighted by atomic mass is 32.2. The molecule has 0 saturated carbocycles. The summed E-state index contributed by atoms with van der Waals surface area (Å²) in [5.41, 5.74) is 5.29. The molecule has 1 aliphatic heterocycles. The quantitative estimate of drug-likeness (QED) is 0.0789. The molecule has 218 valence electrons. The molecule has 3 aromatic rings. The Bertz CT molecular complexity index is 1660. The molecule has 3 aromatic heterocycles. The van der Waals surface area contributed by atoms with Crippen molar-refractivity contribution in [3.05, 3.63) is 41.3 Å². The Labute approximate surface area is 237 Å². The van der Waals surface area contributed by atoms with E-state index in [1.807, 2.05) is 30.8 Å². The second-order valence-corrected chi connectivity index (χ2v) is 11.7. The maximum atomic E-state index is 13.2. The first-order valence-corrected chi connectivity index (χ1v) is 14.0. The summed E-state index contributed by atoms with van der Waals surface area (Å²) in [4.78, 5) is 46.3. The van der Waals surface area contributed by atoms with Gasteiger partial charge in [0.15, 0.2) is 33.5 Å². The number of nitrogens with two attached hydrogens (primary N) is 1. The van der Waals surface area contributed by atoms with Crippen molar-refractivity contribution in [1.82, 2.24) is 29.6 Å². The van der Waals surface area contributed by atoms with Crippen molar-refractivity contribution in [2.24, 2.45) is 12.2 Å². The molecule has 1 saturated heterocycles. The molecule has 0 bridgehead atoms. The van der Waals surface area contributed by atoms with Crippen LogP contribution in [0.25, 0.3) is 11.3 Å². The van der Waals surface area contributed by atoms with Gasteiger partial charge in [-0.1, -0.05) is 10.4 Å². The third-order valence-corrected chi connectivity index (χ3v) is 7.65. The van der Waals surface area contributed by atoms with E-state index in [1.54, 1.807) is 6.20 Å². The van der Waals surface area contributed by atoms with Crippen LogP contribution < -0.4 is 15.6 Å². The predicted octanol–water partition coefficient (Wildman–Crippen LogP) is -1.44. The summed E-state index contributed by atoms with van der Waals surface area (Å²) < 4.78 is 38.8. The number of anilines is 1.